The first-order chi connectivity index (χ1) is 8.74. The summed E-state index contributed by atoms with van der Waals surface area (Å²) in [5.74, 6) is 0.299. The predicted octanol–water partition coefficient (Wildman–Crippen LogP) is 1.46. The fourth-order valence-electron chi connectivity index (χ4n) is 1.46. The second kappa shape index (κ2) is 5.13. The van der Waals surface area contributed by atoms with E-state index in [0.29, 0.717) is 5.95 Å². The lowest BCUT2D eigenvalue weighted by molar-refractivity contribution is 0.376. The molecule has 0 aliphatic carbocycles. The van der Waals surface area contributed by atoms with Crippen molar-refractivity contribution in [1.29, 1.82) is 0 Å². The highest BCUT2D eigenvalue weighted by Crippen LogP contribution is 2.21. The third kappa shape index (κ3) is 2.37. The van der Waals surface area contributed by atoms with Crippen LogP contribution in [0.2, 0.25) is 0 Å². The van der Waals surface area contributed by atoms with E-state index in [-0.39, 0.29) is 6.01 Å². The summed E-state index contributed by atoms with van der Waals surface area (Å²) >= 11 is 0. The van der Waals surface area contributed by atoms with Crippen LogP contribution in [0.15, 0.2) is 47.9 Å². The second-order valence-corrected chi connectivity index (χ2v) is 3.35. The standard InChI is InChI=1S/C12H12N4O2/c1-3-16(9-7-5-4-6-8-9)10-13-11(17)15-12(14-10)18-2/h3-8H,1H2,2H3,(H,13,14,15,17). The Morgan fingerprint density at radius 3 is 2.67 bits per heavy atom. The molecule has 1 aromatic heterocycles. The SMILES string of the molecule is C=CN(c1ccccc1)c1nc(OC)nc(=O)[nH]1. The minimum atomic E-state index is -0.528. The van der Waals surface area contributed by atoms with Crippen LogP contribution in [0.25, 0.3) is 0 Å². The fraction of sp³-hybridized carbons (Fsp3) is 0.0833. The average Bonchev–Trinajstić information content (AvgIpc) is 2.40. The largest absolute Gasteiger partial charge is 0.467 e. The van der Waals surface area contributed by atoms with Gasteiger partial charge in [-0.1, -0.05) is 24.8 Å². The third-order valence-corrected chi connectivity index (χ3v) is 2.25. The quantitative estimate of drug-likeness (QED) is 0.881. The van der Waals surface area contributed by atoms with Crippen LogP contribution >= 0.6 is 0 Å². The van der Waals surface area contributed by atoms with Gasteiger partial charge in [-0.25, -0.2) is 4.79 Å². The molecule has 0 amide bonds. The number of rotatable bonds is 4. The molecule has 0 spiro atoms. The van der Waals surface area contributed by atoms with Gasteiger partial charge in [0.15, 0.2) is 0 Å². The van der Waals surface area contributed by atoms with Gasteiger partial charge in [0.05, 0.1) is 7.11 Å². The molecule has 6 heteroatoms. The third-order valence-electron chi connectivity index (χ3n) is 2.25. The van der Waals surface area contributed by atoms with E-state index in [2.05, 4.69) is 21.5 Å². The van der Waals surface area contributed by atoms with E-state index in [0.717, 1.165) is 5.69 Å². The van der Waals surface area contributed by atoms with Crippen molar-refractivity contribution in [2.75, 3.05) is 12.0 Å². The smallest absolute Gasteiger partial charge is 0.352 e. The van der Waals surface area contributed by atoms with Gasteiger partial charge in [-0.2, -0.15) is 4.98 Å². The molecule has 1 N–H and O–H groups in total. The van der Waals surface area contributed by atoms with Gasteiger partial charge in [0.25, 0.3) is 0 Å². The Morgan fingerprint density at radius 1 is 1.33 bits per heavy atom. The maximum absolute atomic E-state index is 11.4. The zero-order valence-corrected chi connectivity index (χ0v) is 9.83. The number of aromatic nitrogens is 3. The highest BCUT2D eigenvalue weighted by Gasteiger charge is 2.10. The van der Waals surface area contributed by atoms with Crippen molar-refractivity contribution in [2.24, 2.45) is 0 Å². The van der Waals surface area contributed by atoms with Crippen LogP contribution in [0.5, 0.6) is 6.01 Å². The van der Waals surface area contributed by atoms with E-state index >= 15 is 0 Å². The Hall–Kier alpha value is -2.63. The van der Waals surface area contributed by atoms with Gasteiger partial charge >= 0.3 is 11.7 Å². The summed E-state index contributed by atoms with van der Waals surface area (Å²) in [6.07, 6.45) is 1.55. The molecule has 1 heterocycles. The Bertz CT molecular complexity index is 595. The van der Waals surface area contributed by atoms with Crippen molar-refractivity contribution in [3.63, 3.8) is 0 Å². The molecule has 0 fully saturated rings. The maximum atomic E-state index is 11.4. The first-order valence-corrected chi connectivity index (χ1v) is 5.24. The molecule has 0 atom stereocenters. The van der Waals surface area contributed by atoms with Gasteiger partial charge < -0.3 is 4.74 Å². The zero-order valence-electron chi connectivity index (χ0n) is 9.83. The van der Waals surface area contributed by atoms with Crippen LogP contribution in [-0.2, 0) is 0 Å². The number of anilines is 2. The lowest BCUT2D eigenvalue weighted by Gasteiger charge is -2.18. The number of aromatic amines is 1. The van der Waals surface area contributed by atoms with Gasteiger partial charge in [-0.3, -0.25) is 9.88 Å². The minimum Gasteiger partial charge on any atom is -0.467 e. The molecule has 0 saturated carbocycles. The molecule has 92 valence electrons. The summed E-state index contributed by atoms with van der Waals surface area (Å²) in [6, 6.07) is 9.40. The molecular weight excluding hydrogens is 232 g/mol. The Labute approximate surface area is 104 Å². The highest BCUT2D eigenvalue weighted by molar-refractivity contribution is 5.59. The van der Waals surface area contributed by atoms with E-state index < -0.39 is 5.69 Å². The van der Waals surface area contributed by atoms with Crippen LogP contribution in [0.3, 0.4) is 0 Å². The number of H-pyrrole nitrogens is 1. The number of para-hydroxylation sites is 1. The fourth-order valence-corrected chi connectivity index (χ4v) is 1.46. The van der Waals surface area contributed by atoms with Crippen molar-refractivity contribution < 1.29 is 4.74 Å². The molecule has 2 rings (SSSR count). The van der Waals surface area contributed by atoms with Crippen LogP contribution in [-0.4, -0.2) is 22.1 Å². The number of nitrogens with one attached hydrogen (secondary N) is 1. The number of nitrogens with zero attached hydrogens (tertiary/aromatic N) is 3. The van der Waals surface area contributed by atoms with E-state index in [1.165, 1.54) is 7.11 Å². The topological polar surface area (TPSA) is 71.1 Å². The molecule has 18 heavy (non-hydrogen) atoms. The average molecular weight is 244 g/mol. The lowest BCUT2D eigenvalue weighted by atomic mass is 10.3. The highest BCUT2D eigenvalue weighted by atomic mass is 16.5. The van der Waals surface area contributed by atoms with Gasteiger partial charge in [-0.05, 0) is 12.1 Å². The second-order valence-electron chi connectivity index (χ2n) is 3.35. The number of ether oxygens (including phenoxy) is 1. The van der Waals surface area contributed by atoms with Gasteiger partial charge in [0.1, 0.15) is 0 Å². The zero-order chi connectivity index (χ0) is 13.0. The molecule has 6 nitrogen and oxygen atoms in total. The monoisotopic (exact) mass is 244 g/mol. The molecule has 0 unspecified atom stereocenters. The molecule has 0 saturated heterocycles. The van der Waals surface area contributed by atoms with Gasteiger partial charge in [0, 0.05) is 11.9 Å². The lowest BCUT2D eigenvalue weighted by Crippen LogP contribution is -2.20. The van der Waals surface area contributed by atoms with Crippen molar-refractivity contribution in [3.05, 3.63) is 53.6 Å². The number of hydrogen-bond donors (Lipinski definition) is 1. The summed E-state index contributed by atoms with van der Waals surface area (Å²) in [5, 5.41) is 0. The number of methoxy groups -OCH3 is 1. The van der Waals surface area contributed by atoms with E-state index in [4.69, 9.17) is 4.74 Å². The summed E-state index contributed by atoms with van der Waals surface area (Å²) in [4.78, 5) is 23.2. The molecule has 0 bridgehead atoms. The van der Waals surface area contributed by atoms with Gasteiger partial charge in [0.2, 0.25) is 5.95 Å². The summed E-state index contributed by atoms with van der Waals surface area (Å²) in [7, 11) is 1.40. The van der Waals surface area contributed by atoms with Crippen LogP contribution in [0.4, 0.5) is 11.6 Å². The van der Waals surface area contributed by atoms with Crippen molar-refractivity contribution >= 4 is 11.6 Å². The van der Waals surface area contributed by atoms with E-state index in [1.54, 1.807) is 11.1 Å². The molecular formula is C12H12N4O2. The van der Waals surface area contributed by atoms with Crippen molar-refractivity contribution in [2.45, 2.75) is 0 Å². The molecule has 1 aromatic carbocycles. The van der Waals surface area contributed by atoms with Crippen molar-refractivity contribution in [1.82, 2.24) is 15.0 Å². The summed E-state index contributed by atoms with van der Waals surface area (Å²) < 4.78 is 4.86. The van der Waals surface area contributed by atoms with Gasteiger partial charge in [-0.15, -0.1) is 4.98 Å². The molecule has 0 aliphatic rings. The first kappa shape index (κ1) is 11.8. The first-order valence-electron chi connectivity index (χ1n) is 5.24. The molecule has 0 aliphatic heterocycles. The van der Waals surface area contributed by atoms with Crippen LogP contribution < -0.4 is 15.3 Å². The number of benzene rings is 1. The van der Waals surface area contributed by atoms with Crippen LogP contribution in [0, 0.1) is 0 Å². The van der Waals surface area contributed by atoms with Crippen molar-refractivity contribution in [3.8, 4) is 6.01 Å². The van der Waals surface area contributed by atoms with Crippen LogP contribution in [0.1, 0.15) is 0 Å². The normalized spacial score (nSPS) is 9.83. The number of hydrogen-bond acceptors (Lipinski definition) is 5. The van der Waals surface area contributed by atoms with E-state index in [9.17, 15) is 4.79 Å². The summed E-state index contributed by atoms with van der Waals surface area (Å²) in [5.41, 5.74) is 0.295. The maximum Gasteiger partial charge on any atom is 0.352 e. The molecule has 0 radical (unpaired) electrons. The van der Waals surface area contributed by atoms with E-state index in [1.807, 2.05) is 30.3 Å². The minimum absolute atomic E-state index is 0.0107. The Morgan fingerprint density at radius 2 is 2.06 bits per heavy atom. The summed E-state index contributed by atoms with van der Waals surface area (Å²) in [6.45, 7) is 3.70. The Kier molecular flexibility index (Phi) is 3.38. The molecule has 2 aromatic rings. The Balaban J connectivity index is 2.48. The predicted molar refractivity (Wildman–Crippen MR) is 68.0 cm³/mol.